The van der Waals surface area contributed by atoms with Gasteiger partial charge in [-0.3, -0.25) is 4.90 Å². The van der Waals surface area contributed by atoms with Gasteiger partial charge in [0.05, 0.1) is 0 Å². The molecule has 0 amide bonds. The molecule has 0 spiro atoms. The quantitative estimate of drug-likeness (QED) is 0.587. The summed E-state index contributed by atoms with van der Waals surface area (Å²) in [5.74, 6) is 0. The highest BCUT2D eigenvalue weighted by atomic mass is 15.2. The lowest BCUT2D eigenvalue weighted by Gasteiger charge is -2.34. The van der Waals surface area contributed by atoms with E-state index in [1.54, 1.807) is 0 Å². The van der Waals surface area contributed by atoms with Crippen molar-refractivity contribution in [1.82, 2.24) is 4.90 Å². The fourth-order valence-corrected chi connectivity index (χ4v) is 1.24. The fraction of sp³-hybridized carbons (Fsp3) is 1.00. The molecule has 0 fully saturated rings. The van der Waals surface area contributed by atoms with E-state index >= 15 is 0 Å². The minimum atomic E-state index is 0.352. The maximum Gasteiger partial charge on any atom is 0.0124 e. The molecule has 0 aliphatic rings. The average molecular weight is 143 g/mol. The molecular formula is C9H21N. The van der Waals surface area contributed by atoms with Gasteiger partial charge in [0.15, 0.2) is 0 Å². The van der Waals surface area contributed by atoms with E-state index in [4.69, 9.17) is 0 Å². The van der Waals surface area contributed by atoms with Crippen LogP contribution in [0.15, 0.2) is 0 Å². The van der Waals surface area contributed by atoms with Crippen molar-refractivity contribution >= 4 is 0 Å². The molecule has 0 aromatic heterocycles. The zero-order chi connectivity index (χ0) is 8.20. The summed E-state index contributed by atoms with van der Waals surface area (Å²) in [6.45, 7) is 13.6. The Bertz CT molecular complexity index is 81.2. The van der Waals surface area contributed by atoms with Crippen LogP contribution < -0.4 is 0 Å². The van der Waals surface area contributed by atoms with Crippen LogP contribution in [0, 0.1) is 0 Å². The van der Waals surface area contributed by atoms with Gasteiger partial charge >= 0.3 is 0 Å². The predicted octanol–water partition coefficient (Wildman–Crippen LogP) is 2.52. The van der Waals surface area contributed by atoms with Crippen LogP contribution in [0.1, 0.15) is 41.0 Å². The molecule has 0 bridgehead atoms. The zero-order valence-corrected chi connectivity index (χ0v) is 8.07. The SMILES string of the molecule is CCCN(CC)C(C)(C)C. The topological polar surface area (TPSA) is 3.24 Å². The molecule has 0 aromatic rings. The van der Waals surface area contributed by atoms with E-state index in [2.05, 4.69) is 39.5 Å². The first-order valence-electron chi connectivity index (χ1n) is 4.27. The Morgan fingerprint density at radius 2 is 1.60 bits per heavy atom. The summed E-state index contributed by atoms with van der Waals surface area (Å²) in [6, 6.07) is 0. The molecule has 0 radical (unpaired) electrons. The highest BCUT2D eigenvalue weighted by Crippen LogP contribution is 2.12. The lowest BCUT2D eigenvalue weighted by molar-refractivity contribution is 0.145. The predicted molar refractivity (Wildman–Crippen MR) is 47.3 cm³/mol. The minimum absolute atomic E-state index is 0.352. The van der Waals surface area contributed by atoms with Crippen molar-refractivity contribution < 1.29 is 0 Å². The molecule has 0 unspecified atom stereocenters. The smallest absolute Gasteiger partial charge is 0.0124 e. The van der Waals surface area contributed by atoms with Gasteiger partial charge in [0.25, 0.3) is 0 Å². The summed E-state index contributed by atoms with van der Waals surface area (Å²) in [6.07, 6.45) is 1.26. The summed E-state index contributed by atoms with van der Waals surface area (Å²) in [7, 11) is 0. The van der Waals surface area contributed by atoms with Gasteiger partial charge in [-0.25, -0.2) is 0 Å². The molecule has 0 saturated heterocycles. The fourth-order valence-electron chi connectivity index (χ4n) is 1.24. The van der Waals surface area contributed by atoms with Crippen molar-refractivity contribution in [3.05, 3.63) is 0 Å². The van der Waals surface area contributed by atoms with Crippen LogP contribution in [-0.2, 0) is 0 Å². The third-order valence-corrected chi connectivity index (χ3v) is 1.82. The van der Waals surface area contributed by atoms with Crippen LogP contribution in [0.3, 0.4) is 0 Å². The van der Waals surface area contributed by atoms with Crippen LogP contribution in [0.25, 0.3) is 0 Å². The maximum atomic E-state index is 2.49. The molecule has 1 heteroatoms. The van der Waals surface area contributed by atoms with E-state index in [1.165, 1.54) is 13.0 Å². The standard InChI is InChI=1S/C9H21N/c1-6-8-10(7-2)9(3,4)5/h6-8H2,1-5H3. The second-order valence-corrected chi connectivity index (χ2v) is 3.75. The van der Waals surface area contributed by atoms with Gasteiger partial charge in [0, 0.05) is 5.54 Å². The van der Waals surface area contributed by atoms with Crippen molar-refractivity contribution in [2.75, 3.05) is 13.1 Å². The van der Waals surface area contributed by atoms with Crippen molar-refractivity contribution in [2.45, 2.75) is 46.6 Å². The van der Waals surface area contributed by atoms with Gasteiger partial charge in [-0.1, -0.05) is 13.8 Å². The molecule has 10 heavy (non-hydrogen) atoms. The molecular weight excluding hydrogens is 122 g/mol. The first-order chi connectivity index (χ1) is 4.52. The van der Waals surface area contributed by atoms with E-state index in [1.807, 2.05) is 0 Å². The van der Waals surface area contributed by atoms with Gasteiger partial charge < -0.3 is 0 Å². The van der Waals surface area contributed by atoms with Gasteiger partial charge in [-0.15, -0.1) is 0 Å². The van der Waals surface area contributed by atoms with E-state index < -0.39 is 0 Å². The highest BCUT2D eigenvalue weighted by Gasteiger charge is 2.17. The molecule has 0 atom stereocenters. The van der Waals surface area contributed by atoms with Gasteiger partial charge in [-0.2, -0.15) is 0 Å². The lowest BCUT2D eigenvalue weighted by Crippen LogP contribution is -2.41. The normalized spacial score (nSPS) is 12.6. The third-order valence-electron chi connectivity index (χ3n) is 1.82. The van der Waals surface area contributed by atoms with Crippen molar-refractivity contribution in [2.24, 2.45) is 0 Å². The Kier molecular flexibility index (Phi) is 3.95. The van der Waals surface area contributed by atoms with E-state index in [-0.39, 0.29) is 0 Å². The summed E-state index contributed by atoms with van der Waals surface area (Å²) in [4.78, 5) is 2.49. The first-order valence-corrected chi connectivity index (χ1v) is 4.27. The van der Waals surface area contributed by atoms with Crippen LogP contribution >= 0.6 is 0 Å². The summed E-state index contributed by atoms with van der Waals surface area (Å²) in [5, 5.41) is 0. The van der Waals surface area contributed by atoms with Gasteiger partial charge in [0.1, 0.15) is 0 Å². The van der Waals surface area contributed by atoms with Gasteiger partial charge in [-0.05, 0) is 40.3 Å². The maximum absolute atomic E-state index is 2.49. The molecule has 0 rings (SSSR count). The molecule has 0 aliphatic heterocycles. The van der Waals surface area contributed by atoms with E-state index in [9.17, 15) is 0 Å². The number of hydrogen-bond acceptors (Lipinski definition) is 1. The highest BCUT2D eigenvalue weighted by molar-refractivity contribution is 4.74. The Morgan fingerprint density at radius 1 is 1.10 bits per heavy atom. The molecule has 62 valence electrons. The van der Waals surface area contributed by atoms with Crippen LogP contribution in [-0.4, -0.2) is 23.5 Å². The van der Waals surface area contributed by atoms with Crippen molar-refractivity contribution in [3.8, 4) is 0 Å². The van der Waals surface area contributed by atoms with Crippen LogP contribution in [0.4, 0.5) is 0 Å². The average Bonchev–Trinajstić information content (AvgIpc) is 1.80. The van der Waals surface area contributed by atoms with E-state index in [0.29, 0.717) is 5.54 Å². The zero-order valence-electron chi connectivity index (χ0n) is 8.07. The number of hydrogen-bond donors (Lipinski definition) is 0. The Balaban J connectivity index is 3.81. The molecule has 0 saturated carbocycles. The largest absolute Gasteiger partial charge is 0.299 e. The summed E-state index contributed by atoms with van der Waals surface area (Å²) in [5.41, 5.74) is 0.352. The molecule has 0 aliphatic carbocycles. The van der Waals surface area contributed by atoms with Crippen molar-refractivity contribution in [3.63, 3.8) is 0 Å². The number of nitrogens with zero attached hydrogens (tertiary/aromatic N) is 1. The lowest BCUT2D eigenvalue weighted by atomic mass is 10.1. The molecule has 0 N–H and O–H groups in total. The van der Waals surface area contributed by atoms with Crippen LogP contribution in [0.5, 0.6) is 0 Å². The third kappa shape index (κ3) is 3.21. The van der Waals surface area contributed by atoms with Crippen molar-refractivity contribution in [1.29, 1.82) is 0 Å². The summed E-state index contributed by atoms with van der Waals surface area (Å²) >= 11 is 0. The Morgan fingerprint density at radius 3 is 1.70 bits per heavy atom. The molecule has 1 nitrogen and oxygen atoms in total. The second kappa shape index (κ2) is 3.97. The van der Waals surface area contributed by atoms with Gasteiger partial charge in [0.2, 0.25) is 0 Å². The minimum Gasteiger partial charge on any atom is -0.299 e. The number of rotatable bonds is 3. The monoisotopic (exact) mass is 143 g/mol. The summed E-state index contributed by atoms with van der Waals surface area (Å²) < 4.78 is 0. The van der Waals surface area contributed by atoms with Crippen LogP contribution in [0.2, 0.25) is 0 Å². The molecule has 0 aromatic carbocycles. The first kappa shape index (κ1) is 9.96. The Labute approximate surface area is 65.4 Å². The van der Waals surface area contributed by atoms with E-state index in [0.717, 1.165) is 6.54 Å². The molecule has 0 heterocycles. The second-order valence-electron chi connectivity index (χ2n) is 3.75. The Hall–Kier alpha value is -0.0400.